The van der Waals surface area contributed by atoms with E-state index in [4.69, 9.17) is 10.2 Å². The van der Waals surface area contributed by atoms with E-state index in [0.29, 0.717) is 29.7 Å². The van der Waals surface area contributed by atoms with E-state index in [9.17, 15) is 4.79 Å². The number of nitrogens with two attached hydrogens (primary N) is 1. The van der Waals surface area contributed by atoms with Crippen LogP contribution >= 0.6 is 11.8 Å². The van der Waals surface area contributed by atoms with Crippen molar-refractivity contribution in [2.45, 2.75) is 32.0 Å². The Labute approximate surface area is 121 Å². The van der Waals surface area contributed by atoms with Crippen LogP contribution in [0.25, 0.3) is 11.6 Å². The van der Waals surface area contributed by atoms with Crippen LogP contribution in [0.3, 0.4) is 0 Å². The number of aromatic nitrogens is 3. The highest BCUT2D eigenvalue weighted by molar-refractivity contribution is 7.99. The molecule has 1 amide bonds. The lowest BCUT2D eigenvalue weighted by Gasteiger charge is -2.11. The monoisotopic (exact) mass is 294 g/mol. The SMILES string of the molecule is CC(C)Cn1c(SCCC(N)=O)nnc1-c1ccco1. The summed E-state index contributed by atoms with van der Waals surface area (Å²) in [5, 5.41) is 9.16. The molecule has 6 nitrogen and oxygen atoms in total. The minimum absolute atomic E-state index is 0.307. The summed E-state index contributed by atoms with van der Waals surface area (Å²) >= 11 is 1.48. The maximum absolute atomic E-state index is 10.8. The second-order valence-corrected chi connectivity index (χ2v) is 5.91. The molecule has 0 bridgehead atoms. The number of nitrogens with zero attached hydrogens (tertiary/aromatic N) is 3. The van der Waals surface area contributed by atoms with E-state index >= 15 is 0 Å². The number of carbonyl (C=O) groups excluding carboxylic acids is 1. The van der Waals surface area contributed by atoms with Crippen molar-refractivity contribution in [2.24, 2.45) is 11.7 Å². The van der Waals surface area contributed by atoms with E-state index in [1.54, 1.807) is 6.26 Å². The van der Waals surface area contributed by atoms with Gasteiger partial charge < -0.3 is 10.2 Å². The number of amides is 1. The van der Waals surface area contributed by atoms with E-state index in [2.05, 4.69) is 24.0 Å². The normalized spacial score (nSPS) is 11.2. The third-order valence-corrected chi connectivity index (χ3v) is 3.55. The Morgan fingerprint density at radius 1 is 1.50 bits per heavy atom. The molecule has 108 valence electrons. The molecule has 2 aromatic rings. The molecule has 0 unspecified atom stereocenters. The minimum Gasteiger partial charge on any atom is -0.461 e. The fourth-order valence-corrected chi connectivity index (χ4v) is 2.66. The van der Waals surface area contributed by atoms with Gasteiger partial charge in [-0.25, -0.2) is 0 Å². The first-order valence-corrected chi connectivity index (χ1v) is 7.44. The molecule has 2 heterocycles. The van der Waals surface area contributed by atoms with Gasteiger partial charge in [-0.3, -0.25) is 9.36 Å². The second-order valence-electron chi connectivity index (χ2n) is 4.85. The van der Waals surface area contributed by atoms with Gasteiger partial charge in [-0.05, 0) is 18.1 Å². The molecule has 0 aliphatic carbocycles. The van der Waals surface area contributed by atoms with Gasteiger partial charge in [0.15, 0.2) is 16.7 Å². The van der Waals surface area contributed by atoms with Crippen molar-refractivity contribution in [3.05, 3.63) is 18.4 Å². The number of hydrogen-bond acceptors (Lipinski definition) is 5. The van der Waals surface area contributed by atoms with Crippen LogP contribution in [-0.2, 0) is 11.3 Å². The number of furan rings is 1. The molecular formula is C13H18N4O2S. The van der Waals surface area contributed by atoms with Crippen molar-refractivity contribution in [3.8, 4) is 11.6 Å². The van der Waals surface area contributed by atoms with Crippen LogP contribution in [0, 0.1) is 5.92 Å². The molecule has 0 fully saturated rings. The van der Waals surface area contributed by atoms with Gasteiger partial charge in [0.05, 0.1) is 6.26 Å². The first-order valence-electron chi connectivity index (χ1n) is 6.46. The molecule has 0 radical (unpaired) electrons. The molecule has 2 rings (SSSR count). The van der Waals surface area contributed by atoms with Crippen LogP contribution in [0.4, 0.5) is 0 Å². The van der Waals surface area contributed by atoms with Gasteiger partial charge in [-0.15, -0.1) is 10.2 Å². The van der Waals surface area contributed by atoms with E-state index in [0.717, 1.165) is 11.7 Å². The predicted molar refractivity (Wildman–Crippen MR) is 77.1 cm³/mol. The standard InChI is InChI=1S/C13H18N4O2S/c1-9(2)8-17-12(10-4-3-6-19-10)15-16-13(17)20-7-5-11(14)18/h3-4,6,9H,5,7-8H2,1-2H3,(H2,14,18). The summed E-state index contributed by atoms with van der Waals surface area (Å²) in [4.78, 5) is 10.8. The highest BCUT2D eigenvalue weighted by Crippen LogP contribution is 2.25. The Balaban J connectivity index is 2.21. The molecule has 0 saturated heterocycles. The van der Waals surface area contributed by atoms with Gasteiger partial charge in [0, 0.05) is 18.7 Å². The topological polar surface area (TPSA) is 86.9 Å². The van der Waals surface area contributed by atoms with Gasteiger partial charge in [-0.2, -0.15) is 0 Å². The van der Waals surface area contributed by atoms with Gasteiger partial charge in [0.1, 0.15) is 0 Å². The molecule has 0 aliphatic heterocycles. The van der Waals surface area contributed by atoms with E-state index in [-0.39, 0.29) is 5.91 Å². The first kappa shape index (κ1) is 14.6. The Morgan fingerprint density at radius 2 is 2.30 bits per heavy atom. The number of carbonyl (C=O) groups is 1. The summed E-state index contributed by atoms with van der Waals surface area (Å²) in [7, 11) is 0. The van der Waals surface area contributed by atoms with E-state index < -0.39 is 0 Å². The number of primary amides is 1. The fraction of sp³-hybridized carbons (Fsp3) is 0.462. The van der Waals surface area contributed by atoms with Crippen molar-refractivity contribution in [1.29, 1.82) is 0 Å². The Hall–Kier alpha value is -1.76. The van der Waals surface area contributed by atoms with Crippen molar-refractivity contribution in [2.75, 3.05) is 5.75 Å². The average molecular weight is 294 g/mol. The minimum atomic E-state index is -0.307. The van der Waals surface area contributed by atoms with E-state index in [1.165, 1.54) is 11.8 Å². The van der Waals surface area contributed by atoms with Crippen molar-refractivity contribution >= 4 is 17.7 Å². The van der Waals surface area contributed by atoms with Gasteiger partial charge in [0.2, 0.25) is 5.91 Å². The Kier molecular flexibility index (Phi) is 4.84. The largest absolute Gasteiger partial charge is 0.461 e. The highest BCUT2D eigenvalue weighted by Gasteiger charge is 2.17. The van der Waals surface area contributed by atoms with Crippen molar-refractivity contribution in [3.63, 3.8) is 0 Å². The maximum Gasteiger partial charge on any atom is 0.218 e. The molecule has 2 N–H and O–H groups in total. The third kappa shape index (κ3) is 3.63. The number of hydrogen-bond donors (Lipinski definition) is 1. The van der Waals surface area contributed by atoms with Gasteiger partial charge in [-0.1, -0.05) is 25.6 Å². The molecule has 0 aliphatic rings. The Bertz CT molecular complexity index is 563. The van der Waals surface area contributed by atoms with Crippen LogP contribution in [0.5, 0.6) is 0 Å². The van der Waals surface area contributed by atoms with Crippen LogP contribution in [0.15, 0.2) is 28.0 Å². The summed E-state index contributed by atoms with van der Waals surface area (Å²) < 4.78 is 7.41. The van der Waals surface area contributed by atoms with Crippen LogP contribution in [-0.4, -0.2) is 26.4 Å². The molecule has 0 atom stereocenters. The number of rotatable bonds is 7. The average Bonchev–Trinajstić information content (AvgIpc) is 2.98. The molecule has 20 heavy (non-hydrogen) atoms. The number of thioether (sulfide) groups is 1. The fourth-order valence-electron chi connectivity index (χ4n) is 1.76. The predicted octanol–water partition coefficient (Wildman–Crippen LogP) is 2.16. The summed E-state index contributed by atoms with van der Waals surface area (Å²) in [6, 6.07) is 3.68. The lowest BCUT2D eigenvalue weighted by molar-refractivity contribution is -0.117. The molecular weight excluding hydrogens is 276 g/mol. The van der Waals surface area contributed by atoms with Crippen LogP contribution in [0.2, 0.25) is 0 Å². The zero-order chi connectivity index (χ0) is 14.5. The molecule has 0 spiro atoms. The smallest absolute Gasteiger partial charge is 0.218 e. The summed E-state index contributed by atoms with van der Waals surface area (Å²) in [6.07, 6.45) is 1.94. The summed E-state index contributed by atoms with van der Waals surface area (Å²) in [5.41, 5.74) is 5.15. The lowest BCUT2D eigenvalue weighted by atomic mass is 10.2. The Morgan fingerprint density at radius 3 is 2.90 bits per heavy atom. The van der Waals surface area contributed by atoms with Gasteiger partial charge >= 0.3 is 0 Å². The van der Waals surface area contributed by atoms with E-state index in [1.807, 2.05) is 16.7 Å². The molecule has 7 heteroatoms. The summed E-state index contributed by atoms with van der Waals surface area (Å²) in [6.45, 7) is 5.05. The quantitative estimate of drug-likeness (QED) is 0.791. The first-order chi connectivity index (χ1) is 9.58. The second kappa shape index (κ2) is 6.60. The van der Waals surface area contributed by atoms with Gasteiger partial charge in [0.25, 0.3) is 0 Å². The zero-order valence-corrected chi connectivity index (χ0v) is 12.4. The zero-order valence-electron chi connectivity index (χ0n) is 11.6. The third-order valence-electron chi connectivity index (χ3n) is 2.59. The molecule has 0 saturated carbocycles. The van der Waals surface area contributed by atoms with Crippen LogP contribution < -0.4 is 5.73 Å². The van der Waals surface area contributed by atoms with Crippen LogP contribution in [0.1, 0.15) is 20.3 Å². The van der Waals surface area contributed by atoms with Crippen molar-refractivity contribution < 1.29 is 9.21 Å². The highest BCUT2D eigenvalue weighted by atomic mass is 32.2. The molecule has 0 aromatic carbocycles. The molecule has 2 aromatic heterocycles. The van der Waals surface area contributed by atoms with Crippen molar-refractivity contribution in [1.82, 2.24) is 14.8 Å². The maximum atomic E-state index is 10.8. The lowest BCUT2D eigenvalue weighted by Crippen LogP contribution is -2.12. The summed E-state index contributed by atoms with van der Waals surface area (Å²) in [5.74, 6) is 2.16.